The number of nitriles is 1. The molecule has 3 atom stereocenters. The van der Waals surface area contributed by atoms with Crippen molar-refractivity contribution in [1.82, 2.24) is 10.2 Å². The number of carbonyl (C=O) groups is 2. The Morgan fingerprint density at radius 2 is 2.04 bits per heavy atom. The van der Waals surface area contributed by atoms with Crippen LogP contribution < -0.4 is 5.32 Å². The highest BCUT2D eigenvalue weighted by molar-refractivity contribution is 5.86. The Labute approximate surface area is 144 Å². The number of alkyl carbamates (subject to hydrolysis) is 1. The van der Waals surface area contributed by atoms with Gasteiger partial charge in [0.25, 0.3) is 0 Å². The minimum atomic E-state index is -0.801. The number of likely N-dealkylation sites (tertiary alicyclic amines) is 1. The standard InChI is InChI=1S/C18H29N3O3/c1-2-3-13-24-18(23)20-15(10-11-19)17(22)21-12-6-8-14-7-4-5-9-16(14)21/h14-16H,2-10,12-13H2,1H3,(H,20,23)/t14-,15-,16+/m1/s1. The van der Waals surface area contributed by atoms with Crippen LogP contribution in [0, 0.1) is 17.2 Å². The predicted octanol–water partition coefficient (Wildman–Crippen LogP) is 2.98. The summed E-state index contributed by atoms with van der Waals surface area (Å²) in [5, 5.41) is 11.6. The maximum atomic E-state index is 12.9. The van der Waals surface area contributed by atoms with Crippen LogP contribution in [0.2, 0.25) is 0 Å². The van der Waals surface area contributed by atoms with Crippen molar-refractivity contribution in [3.63, 3.8) is 0 Å². The molecule has 0 aromatic carbocycles. The fraction of sp³-hybridized carbons (Fsp3) is 0.833. The molecule has 2 rings (SSSR count). The van der Waals surface area contributed by atoms with Crippen molar-refractivity contribution in [2.24, 2.45) is 5.92 Å². The van der Waals surface area contributed by atoms with Crippen molar-refractivity contribution in [2.75, 3.05) is 13.2 Å². The maximum Gasteiger partial charge on any atom is 0.407 e. The Morgan fingerprint density at radius 1 is 1.29 bits per heavy atom. The van der Waals surface area contributed by atoms with Crippen molar-refractivity contribution in [3.8, 4) is 6.07 Å². The third-order valence-electron chi connectivity index (χ3n) is 5.14. The minimum absolute atomic E-state index is 0.0183. The number of nitrogens with zero attached hydrogens (tertiary/aromatic N) is 2. The second kappa shape index (κ2) is 9.51. The van der Waals surface area contributed by atoms with E-state index in [0.717, 1.165) is 38.6 Å². The average Bonchev–Trinajstić information content (AvgIpc) is 2.60. The number of hydrogen-bond acceptors (Lipinski definition) is 4. The summed E-state index contributed by atoms with van der Waals surface area (Å²) in [6.07, 6.45) is 7.92. The van der Waals surface area contributed by atoms with Gasteiger partial charge in [0.15, 0.2) is 0 Å². The van der Waals surface area contributed by atoms with Gasteiger partial charge in [-0.05, 0) is 38.0 Å². The summed E-state index contributed by atoms with van der Waals surface area (Å²) < 4.78 is 5.07. The molecule has 0 aromatic rings. The van der Waals surface area contributed by atoms with Gasteiger partial charge < -0.3 is 15.0 Å². The molecule has 0 aromatic heterocycles. The lowest BCUT2D eigenvalue weighted by atomic mass is 9.78. The topological polar surface area (TPSA) is 82.4 Å². The number of amides is 2. The lowest BCUT2D eigenvalue weighted by molar-refractivity contribution is -0.139. The van der Waals surface area contributed by atoms with E-state index in [0.29, 0.717) is 12.5 Å². The monoisotopic (exact) mass is 335 g/mol. The Hall–Kier alpha value is -1.77. The van der Waals surface area contributed by atoms with Crippen molar-refractivity contribution in [1.29, 1.82) is 5.26 Å². The number of fused-ring (bicyclic) bond motifs is 1. The third kappa shape index (κ3) is 4.86. The van der Waals surface area contributed by atoms with E-state index >= 15 is 0 Å². The van der Waals surface area contributed by atoms with E-state index in [1.165, 1.54) is 19.3 Å². The highest BCUT2D eigenvalue weighted by Gasteiger charge is 2.38. The fourth-order valence-electron chi connectivity index (χ4n) is 3.88. The van der Waals surface area contributed by atoms with Crippen LogP contribution in [0.1, 0.15) is 64.7 Å². The summed E-state index contributed by atoms with van der Waals surface area (Å²) in [7, 11) is 0. The third-order valence-corrected chi connectivity index (χ3v) is 5.14. The van der Waals surface area contributed by atoms with Crippen LogP contribution in [0.4, 0.5) is 4.79 Å². The lowest BCUT2D eigenvalue weighted by Crippen LogP contribution is -2.56. The van der Waals surface area contributed by atoms with Gasteiger partial charge >= 0.3 is 6.09 Å². The largest absolute Gasteiger partial charge is 0.450 e. The highest BCUT2D eigenvalue weighted by Crippen LogP contribution is 2.35. The maximum absolute atomic E-state index is 12.9. The van der Waals surface area contributed by atoms with E-state index in [9.17, 15) is 9.59 Å². The number of carbonyl (C=O) groups excluding carboxylic acids is 2. The molecule has 24 heavy (non-hydrogen) atoms. The summed E-state index contributed by atoms with van der Waals surface area (Å²) >= 11 is 0. The number of nitrogens with one attached hydrogen (secondary N) is 1. The summed E-state index contributed by atoms with van der Waals surface area (Å²) in [6.45, 7) is 3.08. The molecular formula is C18H29N3O3. The van der Waals surface area contributed by atoms with Crippen LogP contribution in [0.3, 0.4) is 0 Å². The number of piperidine rings is 1. The summed E-state index contributed by atoms with van der Waals surface area (Å²) in [5.74, 6) is 0.455. The van der Waals surface area contributed by atoms with Gasteiger partial charge in [-0.3, -0.25) is 4.79 Å². The van der Waals surface area contributed by atoms with Crippen LogP contribution in [0.5, 0.6) is 0 Å². The summed E-state index contributed by atoms with van der Waals surface area (Å²) in [4.78, 5) is 26.7. The van der Waals surface area contributed by atoms with Crippen LogP contribution in [0.15, 0.2) is 0 Å². The molecule has 6 nitrogen and oxygen atoms in total. The zero-order valence-corrected chi connectivity index (χ0v) is 14.6. The first-order valence-corrected chi connectivity index (χ1v) is 9.28. The van der Waals surface area contributed by atoms with Gasteiger partial charge in [-0.25, -0.2) is 4.79 Å². The molecule has 1 aliphatic carbocycles. The number of unbranched alkanes of at least 4 members (excludes halogenated alkanes) is 1. The molecule has 2 aliphatic rings. The van der Waals surface area contributed by atoms with E-state index in [4.69, 9.17) is 10.00 Å². The zero-order valence-electron chi connectivity index (χ0n) is 14.6. The number of hydrogen-bond donors (Lipinski definition) is 1. The van der Waals surface area contributed by atoms with Gasteiger partial charge in [-0.15, -0.1) is 0 Å². The Morgan fingerprint density at radius 3 is 2.79 bits per heavy atom. The van der Waals surface area contributed by atoms with Gasteiger partial charge in [0.05, 0.1) is 19.1 Å². The Bertz CT molecular complexity index is 473. The van der Waals surface area contributed by atoms with Crippen LogP contribution >= 0.6 is 0 Å². The van der Waals surface area contributed by atoms with E-state index in [2.05, 4.69) is 5.32 Å². The molecule has 2 fully saturated rings. The minimum Gasteiger partial charge on any atom is -0.450 e. The van der Waals surface area contributed by atoms with Crippen molar-refractivity contribution in [2.45, 2.75) is 76.8 Å². The average molecular weight is 335 g/mol. The van der Waals surface area contributed by atoms with E-state index in [1.54, 1.807) is 0 Å². The molecule has 1 aliphatic heterocycles. The first-order chi connectivity index (χ1) is 11.7. The lowest BCUT2D eigenvalue weighted by Gasteiger charge is -2.45. The van der Waals surface area contributed by atoms with Gasteiger partial charge in [0, 0.05) is 12.6 Å². The quantitative estimate of drug-likeness (QED) is 0.757. The predicted molar refractivity (Wildman–Crippen MR) is 90.1 cm³/mol. The SMILES string of the molecule is CCCCOC(=O)N[C@H](CC#N)C(=O)N1CCC[C@H]2CCCC[C@@H]21. The van der Waals surface area contributed by atoms with Gasteiger partial charge in [0.2, 0.25) is 5.91 Å². The van der Waals surface area contributed by atoms with E-state index in [1.807, 2.05) is 17.9 Å². The number of ether oxygens (including phenoxy) is 1. The van der Waals surface area contributed by atoms with Gasteiger partial charge in [-0.2, -0.15) is 5.26 Å². The summed E-state index contributed by atoms with van der Waals surface area (Å²) in [5.41, 5.74) is 0. The van der Waals surface area contributed by atoms with Crippen LogP contribution in [0.25, 0.3) is 0 Å². The molecular weight excluding hydrogens is 306 g/mol. The van der Waals surface area contributed by atoms with Crippen LogP contribution in [-0.4, -0.2) is 42.1 Å². The van der Waals surface area contributed by atoms with Gasteiger partial charge in [-0.1, -0.05) is 26.2 Å². The van der Waals surface area contributed by atoms with Gasteiger partial charge in [0.1, 0.15) is 6.04 Å². The fourth-order valence-corrected chi connectivity index (χ4v) is 3.88. The zero-order chi connectivity index (χ0) is 17.4. The van der Waals surface area contributed by atoms with Crippen molar-refractivity contribution >= 4 is 12.0 Å². The van der Waals surface area contributed by atoms with Crippen molar-refractivity contribution in [3.05, 3.63) is 0 Å². The molecule has 0 unspecified atom stereocenters. The molecule has 6 heteroatoms. The highest BCUT2D eigenvalue weighted by atomic mass is 16.5. The molecule has 1 heterocycles. The van der Waals surface area contributed by atoms with E-state index < -0.39 is 12.1 Å². The Kier molecular flexibility index (Phi) is 7.36. The number of rotatable bonds is 6. The van der Waals surface area contributed by atoms with Crippen molar-refractivity contribution < 1.29 is 14.3 Å². The molecule has 2 amide bonds. The van der Waals surface area contributed by atoms with E-state index in [-0.39, 0.29) is 18.4 Å². The molecule has 0 spiro atoms. The normalized spacial score (nSPS) is 24.4. The van der Waals surface area contributed by atoms with Crippen LogP contribution in [-0.2, 0) is 9.53 Å². The molecule has 0 bridgehead atoms. The summed E-state index contributed by atoms with van der Waals surface area (Å²) in [6, 6.07) is 1.49. The molecule has 0 radical (unpaired) electrons. The molecule has 1 saturated carbocycles. The molecule has 134 valence electrons. The Balaban J connectivity index is 1.96. The first kappa shape index (κ1) is 18.6. The second-order valence-corrected chi connectivity index (χ2v) is 6.83. The second-order valence-electron chi connectivity index (χ2n) is 6.83. The smallest absolute Gasteiger partial charge is 0.407 e. The first-order valence-electron chi connectivity index (χ1n) is 9.28. The molecule has 1 N–H and O–H groups in total. The molecule has 1 saturated heterocycles.